The van der Waals surface area contributed by atoms with Crippen molar-refractivity contribution in [3.63, 3.8) is 0 Å². The minimum atomic E-state index is -2.55. The summed E-state index contributed by atoms with van der Waals surface area (Å²) in [6.45, 7) is 0. The van der Waals surface area contributed by atoms with Gasteiger partial charge in [-0.25, -0.2) is 0 Å². The molecule has 0 radical (unpaired) electrons. The monoisotopic (exact) mass is 974 g/mol. The SMILES string of the molecule is [CH3][Ge]([CH3])([CH3])[c]1ccc(N(c2c(O)c(O)c(O)c(O)c2O)c2cc3c4ccccc4c(N(c4cc[c]([Ge]([CH3])([CH3])[CH3])cc4O)c4c(O)c(O)c(O)c(O)c4O)cc3c3ccccc23)cc1. The third-order valence-corrected chi connectivity index (χ3v) is 20.2. The third-order valence-electron chi connectivity index (χ3n) is 11.5. The van der Waals surface area contributed by atoms with Crippen molar-refractivity contribution in [1.82, 2.24) is 0 Å². The number of aromatic hydroxyl groups is 11. The average Bonchev–Trinajstić information content (AvgIpc) is 3.26. The van der Waals surface area contributed by atoms with E-state index in [2.05, 4.69) is 34.5 Å². The quantitative estimate of drug-likeness (QED) is 0.0295. The van der Waals surface area contributed by atoms with E-state index in [1.807, 2.05) is 42.5 Å². The van der Waals surface area contributed by atoms with Crippen LogP contribution < -0.4 is 18.6 Å². The predicted octanol–water partition coefficient (Wildman–Crippen LogP) is 9.94. The zero-order valence-corrected chi connectivity index (χ0v) is 39.3. The van der Waals surface area contributed by atoms with Crippen LogP contribution in [0.2, 0.25) is 34.5 Å². The van der Waals surface area contributed by atoms with Gasteiger partial charge in [0, 0.05) is 0 Å². The van der Waals surface area contributed by atoms with Crippen LogP contribution in [-0.2, 0) is 0 Å². The van der Waals surface area contributed by atoms with Gasteiger partial charge in [-0.1, -0.05) is 0 Å². The molecule has 0 unspecified atom stereocenters. The Morgan fingerprint density at radius 1 is 0.317 bits per heavy atom. The van der Waals surface area contributed by atoms with E-state index in [1.54, 1.807) is 60.7 Å². The van der Waals surface area contributed by atoms with Gasteiger partial charge in [0.15, 0.2) is 0 Å². The van der Waals surface area contributed by atoms with Gasteiger partial charge in [0.05, 0.1) is 0 Å². The molecule has 63 heavy (non-hydrogen) atoms. The summed E-state index contributed by atoms with van der Waals surface area (Å²) in [6, 6.07) is 30.5. The van der Waals surface area contributed by atoms with Crippen LogP contribution in [0.1, 0.15) is 0 Å². The Bertz CT molecular complexity index is 3120. The van der Waals surface area contributed by atoms with E-state index in [-0.39, 0.29) is 17.1 Å². The van der Waals surface area contributed by atoms with Crippen LogP contribution in [0.5, 0.6) is 63.2 Å². The molecular weight excluding hydrogens is 926 g/mol. The second kappa shape index (κ2) is 15.1. The predicted molar refractivity (Wildman–Crippen MR) is 253 cm³/mol. The van der Waals surface area contributed by atoms with Gasteiger partial charge in [-0.15, -0.1) is 0 Å². The molecule has 11 N–H and O–H groups in total. The first-order valence-corrected chi connectivity index (χ1v) is 34.6. The summed E-state index contributed by atoms with van der Waals surface area (Å²) < 4.78 is 2.10. The topological polar surface area (TPSA) is 229 Å². The van der Waals surface area contributed by atoms with Crippen LogP contribution in [0.25, 0.3) is 32.3 Å². The number of phenolic OH excluding ortho intramolecular Hbond substituents is 11. The number of fused-ring (bicyclic) bond motifs is 5. The minimum absolute atomic E-state index is 0.0535. The maximum atomic E-state index is 11.8. The fourth-order valence-electron chi connectivity index (χ4n) is 8.10. The molecule has 15 heteroatoms. The Labute approximate surface area is 366 Å². The van der Waals surface area contributed by atoms with E-state index in [4.69, 9.17) is 0 Å². The fourth-order valence-corrected chi connectivity index (χ4v) is 13.0. The molecule has 0 atom stereocenters. The molecule has 0 aromatic heterocycles. The molecule has 8 aromatic carbocycles. The summed E-state index contributed by atoms with van der Waals surface area (Å²) in [7, 11) is 0. The van der Waals surface area contributed by atoms with Crippen molar-refractivity contribution in [2.24, 2.45) is 0 Å². The standard InChI is InChI=1S/C48H46Ge2N2O11/c1-49(2,3)24-15-18-26(19-16-24)51(37-39(54)43(58)47(62)44(59)40(37)55)34-22-31-28-12-8-10-14-30(28)35(23-32(31)27-11-7-9-13-29(27)34)52(33-20-17-25(21-36(33)53)50(4,5)6)38-41(56)45(60)48(63)46(61)42(38)57/h7-23,53-63H,1-6H3. The molecule has 8 rings (SSSR count). The molecule has 13 nitrogen and oxygen atoms in total. The second-order valence-corrected chi connectivity index (χ2v) is 38.9. The van der Waals surface area contributed by atoms with Gasteiger partial charge in [-0.05, 0) is 0 Å². The first-order chi connectivity index (χ1) is 29.6. The summed E-state index contributed by atoms with van der Waals surface area (Å²) >= 11 is -4.92. The molecule has 0 aliphatic heterocycles. The first-order valence-electron chi connectivity index (χ1n) is 19.9. The number of benzene rings is 8. The average molecular weight is 972 g/mol. The number of hydrogen-bond acceptors (Lipinski definition) is 13. The summed E-state index contributed by atoms with van der Waals surface area (Å²) in [4.78, 5) is 2.78. The molecular formula is C48H46Ge2N2O11. The van der Waals surface area contributed by atoms with Gasteiger partial charge in [0.1, 0.15) is 0 Å². The summed E-state index contributed by atoms with van der Waals surface area (Å²) in [5.41, 5.74) is 0.153. The maximum absolute atomic E-state index is 11.8. The molecule has 0 amide bonds. The van der Waals surface area contributed by atoms with E-state index < -0.39 is 95.4 Å². The van der Waals surface area contributed by atoms with Crippen LogP contribution in [0.4, 0.5) is 34.1 Å². The van der Waals surface area contributed by atoms with Gasteiger partial charge in [-0.3, -0.25) is 0 Å². The van der Waals surface area contributed by atoms with Crippen molar-refractivity contribution < 1.29 is 56.2 Å². The molecule has 8 aromatic rings. The zero-order chi connectivity index (χ0) is 45.6. The van der Waals surface area contributed by atoms with Gasteiger partial charge < -0.3 is 0 Å². The molecule has 0 aliphatic rings. The normalized spacial score (nSPS) is 12.0. The van der Waals surface area contributed by atoms with Crippen molar-refractivity contribution in [2.75, 3.05) is 9.80 Å². The number of hydrogen-bond donors (Lipinski definition) is 11. The van der Waals surface area contributed by atoms with Gasteiger partial charge in [-0.2, -0.15) is 0 Å². The summed E-state index contributed by atoms with van der Waals surface area (Å²) in [5.74, 6) is 2.57. The summed E-state index contributed by atoms with van der Waals surface area (Å²) in [5, 5.41) is 125. The van der Waals surface area contributed by atoms with E-state index in [0.29, 0.717) is 43.7 Å². The number of anilines is 6. The number of rotatable bonds is 8. The van der Waals surface area contributed by atoms with Crippen LogP contribution in [-0.4, -0.2) is 82.7 Å². The molecule has 0 saturated heterocycles. The molecule has 0 fully saturated rings. The van der Waals surface area contributed by atoms with Gasteiger partial charge in [0.25, 0.3) is 0 Å². The van der Waals surface area contributed by atoms with Crippen molar-refractivity contribution >= 4 is 102 Å². The van der Waals surface area contributed by atoms with Crippen LogP contribution >= 0.6 is 0 Å². The Hall–Kier alpha value is -6.97. The van der Waals surface area contributed by atoms with Crippen molar-refractivity contribution in [3.8, 4) is 63.2 Å². The van der Waals surface area contributed by atoms with Crippen LogP contribution in [0.3, 0.4) is 0 Å². The van der Waals surface area contributed by atoms with E-state index >= 15 is 0 Å². The molecule has 0 bridgehead atoms. The van der Waals surface area contributed by atoms with Crippen molar-refractivity contribution in [2.45, 2.75) is 34.5 Å². The summed E-state index contributed by atoms with van der Waals surface area (Å²) in [6.07, 6.45) is 0. The Morgan fingerprint density at radius 3 is 1.06 bits per heavy atom. The van der Waals surface area contributed by atoms with Crippen molar-refractivity contribution in [3.05, 3.63) is 103 Å². The van der Waals surface area contributed by atoms with Crippen LogP contribution in [0, 0.1) is 0 Å². The van der Waals surface area contributed by atoms with Gasteiger partial charge >= 0.3 is 369 Å². The molecule has 0 aliphatic carbocycles. The second-order valence-electron chi connectivity index (χ2n) is 17.6. The molecule has 0 heterocycles. The van der Waals surface area contributed by atoms with Gasteiger partial charge in [0.2, 0.25) is 0 Å². The van der Waals surface area contributed by atoms with Crippen LogP contribution in [0.15, 0.2) is 103 Å². The number of phenols is 11. The van der Waals surface area contributed by atoms with E-state index in [1.165, 1.54) is 9.80 Å². The molecule has 322 valence electrons. The Balaban J connectivity index is 1.52. The number of nitrogens with zero attached hydrogens (tertiary/aromatic N) is 2. The molecule has 0 spiro atoms. The van der Waals surface area contributed by atoms with Crippen molar-refractivity contribution in [1.29, 1.82) is 0 Å². The van der Waals surface area contributed by atoms with E-state index in [9.17, 15) is 56.2 Å². The fraction of sp³-hybridized carbons (Fsp3) is 0.125. The third kappa shape index (κ3) is 6.87. The zero-order valence-electron chi connectivity index (χ0n) is 35.1. The van der Waals surface area contributed by atoms with E-state index in [0.717, 1.165) is 8.79 Å². The Morgan fingerprint density at radius 2 is 0.667 bits per heavy atom. The first kappa shape index (κ1) is 42.7. The molecule has 0 saturated carbocycles. The Kier molecular flexibility index (Phi) is 10.3.